The van der Waals surface area contributed by atoms with Gasteiger partial charge in [0.15, 0.2) is 5.82 Å². The van der Waals surface area contributed by atoms with Crippen LogP contribution < -0.4 is 21.5 Å². The number of fused-ring (bicyclic) bond motifs is 1. The molecule has 2 aliphatic rings. The van der Waals surface area contributed by atoms with Crippen molar-refractivity contribution in [2.24, 2.45) is 7.05 Å². The standard InChI is InChI=1S/C29H30N6O2S/c1-17-21(7-5-8-22(17)32-28(36)25-15-18-6-3-4-9-24(18)38-25)19-14-23(29(37)35(2)16-19)31-27-13-12-26(33-34-27)30-20-10-11-20/h5,7-8,12-16,20H,3-4,6,9-11H2,1-2H3,(H,30,33)(H,31,34)(H,32,36). The zero-order valence-corrected chi connectivity index (χ0v) is 22.3. The molecule has 0 atom stereocenters. The summed E-state index contributed by atoms with van der Waals surface area (Å²) in [7, 11) is 1.73. The van der Waals surface area contributed by atoms with Crippen LogP contribution in [0, 0.1) is 6.92 Å². The van der Waals surface area contributed by atoms with Gasteiger partial charge in [-0.1, -0.05) is 12.1 Å². The van der Waals surface area contributed by atoms with Crippen LogP contribution in [0.2, 0.25) is 0 Å². The number of carbonyl (C=O) groups excluding carboxylic acids is 1. The van der Waals surface area contributed by atoms with E-state index in [0.717, 1.165) is 58.8 Å². The summed E-state index contributed by atoms with van der Waals surface area (Å²) in [6.45, 7) is 1.99. The van der Waals surface area contributed by atoms with E-state index in [1.54, 1.807) is 23.0 Å². The van der Waals surface area contributed by atoms with Crippen molar-refractivity contribution in [1.82, 2.24) is 14.8 Å². The van der Waals surface area contributed by atoms with E-state index in [4.69, 9.17) is 0 Å². The summed E-state index contributed by atoms with van der Waals surface area (Å²) < 4.78 is 1.55. The van der Waals surface area contributed by atoms with E-state index in [9.17, 15) is 9.59 Å². The van der Waals surface area contributed by atoms with Crippen molar-refractivity contribution >= 4 is 40.3 Å². The lowest BCUT2D eigenvalue weighted by atomic mass is 9.99. The van der Waals surface area contributed by atoms with Crippen LogP contribution in [0.25, 0.3) is 11.1 Å². The molecule has 0 spiro atoms. The normalized spacial score (nSPS) is 14.6. The lowest BCUT2D eigenvalue weighted by molar-refractivity contribution is 0.103. The van der Waals surface area contributed by atoms with Gasteiger partial charge in [0.2, 0.25) is 0 Å². The molecule has 1 aromatic carbocycles. The summed E-state index contributed by atoms with van der Waals surface area (Å²) in [4.78, 5) is 28.1. The van der Waals surface area contributed by atoms with Crippen LogP contribution in [0.1, 0.15) is 51.4 Å². The van der Waals surface area contributed by atoms with Gasteiger partial charge in [0, 0.05) is 35.4 Å². The average Bonchev–Trinajstić information content (AvgIpc) is 3.62. The molecule has 3 aromatic heterocycles. The molecular formula is C29H30N6O2S. The third kappa shape index (κ3) is 5.06. The molecule has 0 saturated heterocycles. The largest absolute Gasteiger partial charge is 0.366 e. The number of aryl methyl sites for hydroxylation is 3. The number of rotatable bonds is 7. The van der Waals surface area contributed by atoms with Gasteiger partial charge in [-0.2, -0.15) is 0 Å². The second-order valence-electron chi connectivity index (χ2n) is 10.1. The fourth-order valence-corrected chi connectivity index (χ4v) is 6.02. The van der Waals surface area contributed by atoms with E-state index in [2.05, 4.69) is 32.2 Å². The molecule has 8 nitrogen and oxygen atoms in total. The van der Waals surface area contributed by atoms with Gasteiger partial charge in [0.1, 0.15) is 11.5 Å². The van der Waals surface area contributed by atoms with Gasteiger partial charge >= 0.3 is 0 Å². The molecule has 2 aliphatic carbocycles. The Balaban J connectivity index is 1.24. The van der Waals surface area contributed by atoms with Gasteiger partial charge in [-0.3, -0.25) is 9.59 Å². The molecule has 0 aliphatic heterocycles. The van der Waals surface area contributed by atoms with Gasteiger partial charge in [0.25, 0.3) is 11.5 Å². The van der Waals surface area contributed by atoms with E-state index in [-0.39, 0.29) is 11.5 Å². The van der Waals surface area contributed by atoms with Gasteiger partial charge in [-0.05, 0) is 92.5 Å². The van der Waals surface area contributed by atoms with Gasteiger partial charge in [-0.25, -0.2) is 0 Å². The summed E-state index contributed by atoms with van der Waals surface area (Å²) >= 11 is 1.61. The maximum Gasteiger partial charge on any atom is 0.274 e. The highest BCUT2D eigenvalue weighted by Gasteiger charge is 2.21. The Kier molecular flexibility index (Phi) is 6.45. The summed E-state index contributed by atoms with van der Waals surface area (Å²) in [5.41, 5.74) is 5.03. The second-order valence-corrected chi connectivity index (χ2v) is 11.2. The number of aromatic nitrogens is 3. The molecule has 0 bridgehead atoms. The SMILES string of the molecule is Cc1c(NC(=O)c2cc3c(s2)CCCC3)cccc1-c1cc(Nc2ccc(NC3CC3)nn2)c(=O)n(C)c1. The van der Waals surface area contributed by atoms with Crippen LogP contribution in [0.15, 0.2) is 53.5 Å². The second kappa shape index (κ2) is 10.1. The highest BCUT2D eigenvalue weighted by Crippen LogP contribution is 2.33. The predicted molar refractivity (Wildman–Crippen MR) is 153 cm³/mol. The summed E-state index contributed by atoms with van der Waals surface area (Å²) in [5.74, 6) is 1.15. The average molecular weight is 527 g/mol. The first-order valence-electron chi connectivity index (χ1n) is 13.1. The number of pyridine rings is 1. The number of nitrogens with one attached hydrogen (secondary N) is 3. The van der Waals surface area contributed by atoms with Gasteiger partial charge < -0.3 is 20.5 Å². The maximum absolute atomic E-state index is 13.1. The molecule has 3 heterocycles. The summed E-state index contributed by atoms with van der Waals surface area (Å²) in [5, 5.41) is 18.0. The number of anilines is 4. The topological polar surface area (TPSA) is 101 Å². The van der Waals surface area contributed by atoms with Gasteiger partial charge in [-0.15, -0.1) is 21.5 Å². The first-order chi connectivity index (χ1) is 18.4. The molecule has 1 saturated carbocycles. The van der Waals surface area contributed by atoms with Crippen molar-refractivity contribution in [3.05, 3.63) is 79.9 Å². The van der Waals surface area contributed by atoms with Crippen molar-refractivity contribution in [3.63, 3.8) is 0 Å². The lowest BCUT2D eigenvalue weighted by Crippen LogP contribution is -2.20. The van der Waals surface area contributed by atoms with E-state index in [1.807, 2.05) is 49.5 Å². The summed E-state index contributed by atoms with van der Waals surface area (Å²) in [6, 6.07) is 13.9. The van der Waals surface area contributed by atoms with E-state index in [0.29, 0.717) is 17.5 Å². The Hall–Kier alpha value is -3.98. The Bertz CT molecular complexity index is 1550. The zero-order valence-electron chi connectivity index (χ0n) is 21.5. The molecule has 0 radical (unpaired) electrons. The molecule has 0 unspecified atom stereocenters. The highest BCUT2D eigenvalue weighted by atomic mass is 32.1. The van der Waals surface area contributed by atoms with Crippen LogP contribution in [0.4, 0.5) is 23.0 Å². The minimum Gasteiger partial charge on any atom is -0.366 e. The Morgan fingerprint density at radius 1 is 1.03 bits per heavy atom. The third-order valence-electron chi connectivity index (χ3n) is 7.15. The van der Waals surface area contributed by atoms with E-state index < -0.39 is 0 Å². The highest BCUT2D eigenvalue weighted by molar-refractivity contribution is 7.14. The zero-order chi connectivity index (χ0) is 26.2. The van der Waals surface area contributed by atoms with Crippen LogP contribution in [-0.2, 0) is 19.9 Å². The molecule has 4 aromatic rings. The van der Waals surface area contributed by atoms with E-state index in [1.165, 1.54) is 23.3 Å². The third-order valence-corrected chi connectivity index (χ3v) is 8.39. The summed E-state index contributed by atoms with van der Waals surface area (Å²) in [6.07, 6.45) is 8.64. The minimum absolute atomic E-state index is 0.0781. The Labute approximate surface area is 225 Å². The quantitative estimate of drug-likeness (QED) is 0.287. The number of hydrogen-bond donors (Lipinski definition) is 3. The van der Waals surface area contributed by atoms with Gasteiger partial charge in [0.05, 0.1) is 4.88 Å². The number of benzene rings is 1. The smallest absolute Gasteiger partial charge is 0.274 e. The number of hydrogen-bond acceptors (Lipinski definition) is 7. The molecular weight excluding hydrogens is 496 g/mol. The van der Waals surface area contributed by atoms with Crippen molar-refractivity contribution in [2.45, 2.75) is 51.5 Å². The molecule has 9 heteroatoms. The van der Waals surface area contributed by atoms with Crippen molar-refractivity contribution in [3.8, 4) is 11.1 Å². The van der Waals surface area contributed by atoms with E-state index >= 15 is 0 Å². The van der Waals surface area contributed by atoms with Crippen molar-refractivity contribution < 1.29 is 4.79 Å². The monoisotopic (exact) mass is 526 g/mol. The van der Waals surface area contributed by atoms with Crippen LogP contribution >= 0.6 is 11.3 Å². The van der Waals surface area contributed by atoms with Crippen molar-refractivity contribution in [1.29, 1.82) is 0 Å². The molecule has 3 N–H and O–H groups in total. The minimum atomic E-state index is -0.167. The van der Waals surface area contributed by atoms with Crippen LogP contribution in [0.3, 0.4) is 0 Å². The fraction of sp³-hybridized carbons (Fsp3) is 0.310. The number of carbonyl (C=O) groups is 1. The van der Waals surface area contributed by atoms with Crippen LogP contribution in [0.5, 0.6) is 0 Å². The first-order valence-corrected chi connectivity index (χ1v) is 13.9. The number of thiophene rings is 1. The first kappa shape index (κ1) is 24.4. The maximum atomic E-state index is 13.1. The van der Waals surface area contributed by atoms with Crippen LogP contribution in [-0.4, -0.2) is 26.7 Å². The molecule has 1 amide bonds. The lowest BCUT2D eigenvalue weighted by Gasteiger charge is -2.15. The van der Waals surface area contributed by atoms with Crippen molar-refractivity contribution in [2.75, 3.05) is 16.0 Å². The number of nitrogens with zero attached hydrogens (tertiary/aromatic N) is 3. The number of amides is 1. The molecule has 1 fully saturated rings. The molecule has 6 rings (SSSR count). The molecule has 194 valence electrons. The Morgan fingerprint density at radius 2 is 1.82 bits per heavy atom. The predicted octanol–water partition coefficient (Wildman–Crippen LogP) is 5.66. The fourth-order valence-electron chi connectivity index (χ4n) is 4.87. The Morgan fingerprint density at radius 3 is 2.58 bits per heavy atom. The molecule has 38 heavy (non-hydrogen) atoms.